The number of carbonyl (C=O) groups is 1. The van der Waals surface area contributed by atoms with Gasteiger partial charge in [0.25, 0.3) is 0 Å². The van der Waals surface area contributed by atoms with Crippen LogP contribution in [0.5, 0.6) is 5.75 Å². The maximum Gasteiger partial charge on any atom is 0.573 e. The first-order chi connectivity index (χ1) is 21.7. The lowest BCUT2D eigenvalue weighted by molar-refractivity contribution is -0.274. The van der Waals surface area contributed by atoms with E-state index in [0.717, 1.165) is 29.0 Å². The van der Waals surface area contributed by atoms with Gasteiger partial charge in [-0.3, -0.25) is 0 Å². The van der Waals surface area contributed by atoms with Crippen LogP contribution in [0.15, 0.2) is 78.0 Å². The summed E-state index contributed by atoms with van der Waals surface area (Å²) in [6.45, 7) is 12.5. The first-order valence-electron chi connectivity index (χ1n) is 15.0. The summed E-state index contributed by atoms with van der Waals surface area (Å²) in [7, 11) is 0. The minimum Gasteiger partial charge on any atom is -0.406 e. The smallest absolute Gasteiger partial charge is 0.406 e. The standard InChI is InChI=1S/C34H37F3N6O2S/c1-21(2)29-22(3)8-7-9-28(29)43-23(4)18-19-46-32(43)39-31(44)40-33(5,6)25-12-10-24(11-13-25)30-38-20-42(41-30)26-14-16-27(17-15-26)45-34(35,36)37/h7-17,20-21,23H,18-19H2,1-6H3,(H,40,44)/b39-32-. The molecule has 1 atom stereocenters. The van der Waals surface area contributed by atoms with Gasteiger partial charge in [0.1, 0.15) is 12.1 Å². The van der Waals surface area contributed by atoms with Crippen molar-refractivity contribution < 1.29 is 22.7 Å². The SMILES string of the molecule is Cc1cccc(N2/C(=N/C(=O)NC(C)(C)c3ccc(-c4ncn(-c5ccc(OC(F)(F)F)cc5)n4)cc3)SCCC2C)c1C(C)C. The molecule has 1 unspecified atom stereocenters. The van der Waals surface area contributed by atoms with Crippen LogP contribution in [0.3, 0.4) is 0 Å². The van der Waals surface area contributed by atoms with E-state index in [9.17, 15) is 18.0 Å². The average molecular weight is 651 g/mol. The fraction of sp³-hybridized carbons (Fsp3) is 0.353. The van der Waals surface area contributed by atoms with Gasteiger partial charge in [0, 0.05) is 23.0 Å². The Bertz CT molecular complexity index is 1720. The molecular formula is C34H37F3N6O2S. The Labute approximate surface area is 271 Å². The Morgan fingerprint density at radius 3 is 2.41 bits per heavy atom. The van der Waals surface area contributed by atoms with E-state index in [1.54, 1.807) is 11.8 Å². The molecule has 5 rings (SSSR count). The van der Waals surface area contributed by atoms with E-state index >= 15 is 0 Å². The monoisotopic (exact) mass is 650 g/mol. The third-order valence-electron chi connectivity index (χ3n) is 7.86. The van der Waals surface area contributed by atoms with Gasteiger partial charge in [-0.2, -0.15) is 4.99 Å². The normalized spacial score (nSPS) is 16.6. The Kier molecular flexibility index (Phi) is 9.48. The average Bonchev–Trinajstić information content (AvgIpc) is 3.47. The van der Waals surface area contributed by atoms with E-state index in [0.29, 0.717) is 22.6 Å². The minimum atomic E-state index is -4.76. The molecule has 0 radical (unpaired) electrons. The zero-order valence-corrected chi connectivity index (χ0v) is 27.4. The summed E-state index contributed by atoms with van der Waals surface area (Å²) in [4.78, 5) is 24.5. The molecule has 1 aliphatic rings. The number of urea groups is 1. The largest absolute Gasteiger partial charge is 0.573 e. The summed E-state index contributed by atoms with van der Waals surface area (Å²) in [5.74, 6) is 1.34. The minimum absolute atomic E-state index is 0.201. The number of nitrogens with one attached hydrogen (secondary N) is 1. The second-order valence-electron chi connectivity index (χ2n) is 12.1. The highest BCUT2D eigenvalue weighted by Gasteiger charge is 2.32. The first-order valence-corrected chi connectivity index (χ1v) is 16.0. The van der Waals surface area contributed by atoms with Crippen LogP contribution in [0.25, 0.3) is 17.1 Å². The summed E-state index contributed by atoms with van der Waals surface area (Å²) in [6.07, 6.45) is -2.28. The number of aromatic nitrogens is 3. The van der Waals surface area contributed by atoms with Gasteiger partial charge >= 0.3 is 12.4 Å². The molecule has 3 aromatic carbocycles. The van der Waals surface area contributed by atoms with Crippen LogP contribution >= 0.6 is 11.8 Å². The van der Waals surface area contributed by atoms with Crippen molar-refractivity contribution in [3.8, 4) is 22.8 Å². The van der Waals surface area contributed by atoms with Gasteiger partial charge in [-0.25, -0.2) is 14.5 Å². The number of aliphatic imine (C=N–C) groups is 1. The van der Waals surface area contributed by atoms with Crippen molar-refractivity contribution in [2.24, 2.45) is 4.99 Å². The lowest BCUT2D eigenvalue weighted by Gasteiger charge is -2.38. The summed E-state index contributed by atoms with van der Waals surface area (Å²) < 4.78 is 42.8. The van der Waals surface area contributed by atoms with E-state index in [2.05, 4.69) is 75.9 Å². The van der Waals surface area contributed by atoms with Crippen LogP contribution in [0.1, 0.15) is 63.6 Å². The molecule has 1 N–H and O–H groups in total. The molecule has 0 saturated carbocycles. The van der Waals surface area contributed by atoms with Crippen LogP contribution in [-0.2, 0) is 5.54 Å². The van der Waals surface area contributed by atoms with Crippen molar-refractivity contribution in [1.29, 1.82) is 0 Å². The van der Waals surface area contributed by atoms with Gasteiger partial charge in [-0.05, 0) is 87.1 Å². The third-order valence-corrected chi connectivity index (χ3v) is 8.85. The van der Waals surface area contributed by atoms with Gasteiger partial charge in [0.05, 0.1) is 11.2 Å². The number of rotatable bonds is 7. The maximum absolute atomic E-state index is 13.4. The number of halogens is 3. The fourth-order valence-electron chi connectivity index (χ4n) is 5.57. The number of ether oxygens (including phenoxy) is 1. The van der Waals surface area contributed by atoms with E-state index in [-0.39, 0.29) is 11.8 Å². The fourth-order valence-corrected chi connectivity index (χ4v) is 6.78. The summed E-state index contributed by atoms with van der Waals surface area (Å²) in [5, 5.41) is 8.24. The number of hydrogen-bond donors (Lipinski definition) is 1. The Balaban J connectivity index is 1.30. The Morgan fingerprint density at radius 1 is 1.07 bits per heavy atom. The molecule has 1 aliphatic heterocycles. The van der Waals surface area contributed by atoms with Crippen molar-refractivity contribution in [2.75, 3.05) is 10.7 Å². The topological polar surface area (TPSA) is 84.6 Å². The summed E-state index contributed by atoms with van der Waals surface area (Å²) >= 11 is 1.60. The molecule has 242 valence electrons. The molecule has 0 spiro atoms. The first kappa shape index (κ1) is 33.1. The molecule has 46 heavy (non-hydrogen) atoms. The lowest BCUT2D eigenvalue weighted by atomic mass is 9.93. The number of amides is 2. The third kappa shape index (κ3) is 7.55. The second-order valence-corrected chi connectivity index (χ2v) is 13.2. The van der Waals surface area contributed by atoms with Crippen molar-refractivity contribution in [1.82, 2.24) is 20.1 Å². The number of nitrogens with zero attached hydrogens (tertiary/aromatic N) is 5. The molecule has 1 saturated heterocycles. The number of hydrogen-bond acceptors (Lipinski definition) is 5. The molecule has 0 bridgehead atoms. The van der Waals surface area contributed by atoms with Gasteiger partial charge < -0.3 is 15.0 Å². The molecular weight excluding hydrogens is 613 g/mol. The molecule has 1 fully saturated rings. The zero-order chi connectivity index (χ0) is 33.2. The van der Waals surface area contributed by atoms with Crippen LogP contribution in [0, 0.1) is 6.92 Å². The van der Waals surface area contributed by atoms with Crippen LogP contribution in [0.2, 0.25) is 0 Å². The molecule has 1 aromatic heterocycles. The number of anilines is 1. The maximum atomic E-state index is 13.4. The molecule has 2 heterocycles. The molecule has 4 aromatic rings. The van der Waals surface area contributed by atoms with Gasteiger partial charge in [0.2, 0.25) is 0 Å². The van der Waals surface area contributed by atoms with Crippen molar-refractivity contribution in [2.45, 2.75) is 71.8 Å². The van der Waals surface area contributed by atoms with Gasteiger partial charge in [0.15, 0.2) is 11.0 Å². The predicted molar refractivity (Wildman–Crippen MR) is 177 cm³/mol. The quantitative estimate of drug-likeness (QED) is 0.216. The van der Waals surface area contributed by atoms with Gasteiger partial charge in [-0.1, -0.05) is 62.0 Å². The number of carbonyl (C=O) groups excluding carboxylic acids is 1. The summed E-state index contributed by atoms with van der Waals surface area (Å²) in [6, 6.07) is 19.0. The number of alkyl halides is 3. The van der Waals surface area contributed by atoms with Crippen LogP contribution in [-0.4, -0.2) is 44.1 Å². The molecule has 8 nitrogen and oxygen atoms in total. The van der Waals surface area contributed by atoms with E-state index < -0.39 is 17.9 Å². The van der Waals surface area contributed by atoms with Crippen molar-refractivity contribution in [3.05, 3.63) is 89.7 Å². The van der Waals surface area contributed by atoms with Gasteiger partial charge in [-0.15, -0.1) is 18.3 Å². The van der Waals surface area contributed by atoms with E-state index in [1.807, 2.05) is 38.1 Å². The second kappa shape index (κ2) is 13.2. The highest BCUT2D eigenvalue weighted by molar-refractivity contribution is 8.14. The summed E-state index contributed by atoms with van der Waals surface area (Å²) in [5.41, 5.74) is 4.99. The molecule has 0 aliphatic carbocycles. The number of thioether (sulfide) groups is 1. The van der Waals surface area contributed by atoms with E-state index in [1.165, 1.54) is 46.4 Å². The van der Waals surface area contributed by atoms with E-state index in [4.69, 9.17) is 0 Å². The highest BCUT2D eigenvalue weighted by atomic mass is 32.2. The molecule has 12 heteroatoms. The van der Waals surface area contributed by atoms with Crippen LogP contribution in [0.4, 0.5) is 23.7 Å². The van der Waals surface area contributed by atoms with Crippen molar-refractivity contribution >= 4 is 28.6 Å². The number of aryl methyl sites for hydroxylation is 1. The predicted octanol–water partition coefficient (Wildman–Crippen LogP) is 8.60. The Hall–Kier alpha value is -4.32. The Morgan fingerprint density at radius 2 is 1.76 bits per heavy atom. The number of benzene rings is 3. The number of amidine groups is 1. The molecule has 2 amide bonds. The van der Waals surface area contributed by atoms with Crippen LogP contribution < -0.4 is 15.0 Å². The zero-order valence-electron chi connectivity index (χ0n) is 26.6. The van der Waals surface area contributed by atoms with Crippen molar-refractivity contribution in [3.63, 3.8) is 0 Å². The highest BCUT2D eigenvalue weighted by Crippen LogP contribution is 2.36. The lowest BCUT2D eigenvalue weighted by Crippen LogP contribution is -2.44.